The molecule has 0 aliphatic carbocycles. The van der Waals surface area contributed by atoms with Crippen LogP contribution in [-0.4, -0.2) is 48.2 Å². The van der Waals surface area contributed by atoms with E-state index in [0.717, 1.165) is 72.6 Å². The molecule has 0 spiro atoms. The quantitative estimate of drug-likeness (QED) is 0.449. The van der Waals surface area contributed by atoms with E-state index in [-0.39, 0.29) is 5.91 Å². The van der Waals surface area contributed by atoms with Crippen molar-refractivity contribution in [3.8, 4) is 11.3 Å². The number of carbonyl (C=O) groups is 1. The molecule has 0 unspecified atom stereocenters. The van der Waals surface area contributed by atoms with E-state index in [1.165, 1.54) is 11.3 Å². The maximum atomic E-state index is 11.7. The summed E-state index contributed by atoms with van der Waals surface area (Å²) in [6.07, 6.45) is 13.3. The lowest BCUT2D eigenvalue weighted by molar-refractivity contribution is -0.129. The number of pyridine rings is 2. The molecule has 1 aliphatic heterocycles. The van der Waals surface area contributed by atoms with Crippen molar-refractivity contribution in [3.63, 3.8) is 0 Å². The number of likely N-dealkylation sites (tertiary alicyclic amines) is 1. The maximum absolute atomic E-state index is 11.7. The Labute approximate surface area is 199 Å². The third-order valence-electron chi connectivity index (χ3n) is 6.84. The second-order valence-electron chi connectivity index (χ2n) is 9.23. The van der Waals surface area contributed by atoms with Crippen molar-refractivity contribution in [2.24, 2.45) is 0 Å². The van der Waals surface area contributed by atoms with Crippen molar-refractivity contribution < 1.29 is 4.79 Å². The van der Waals surface area contributed by atoms with Gasteiger partial charge < -0.3 is 9.30 Å². The van der Waals surface area contributed by atoms with Crippen molar-refractivity contribution in [2.75, 3.05) is 13.1 Å². The van der Waals surface area contributed by atoms with Crippen molar-refractivity contribution in [3.05, 3.63) is 77.4 Å². The van der Waals surface area contributed by atoms with E-state index in [2.05, 4.69) is 33.4 Å². The fourth-order valence-corrected chi connectivity index (χ4v) is 4.99. The molecule has 4 aromatic heterocycles. The predicted molar refractivity (Wildman–Crippen MR) is 132 cm³/mol. The molecule has 0 atom stereocenters. The van der Waals surface area contributed by atoms with Gasteiger partial charge in [0.25, 0.3) is 0 Å². The highest BCUT2D eigenvalue weighted by molar-refractivity contribution is 5.73. The van der Waals surface area contributed by atoms with Crippen LogP contribution in [0.1, 0.15) is 53.9 Å². The molecular formula is C27H30N6O. The fourth-order valence-electron chi connectivity index (χ4n) is 4.99. The van der Waals surface area contributed by atoms with E-state index in [4.69, 9.17) is 9.97 Å². The first-order chi connectivity index (χ1) is 16.5. The molecular weight excluding hydrogens is 424 g/mol. The van der Waals surface area contributed by atoms with Gasteiger partial charge in [0.1, 0.15) is 0 Å². The van der Waals surface area contributed by atoms with Crippen molar-refractivity contribution in [1.82, 2.24) is 29.2 Å². The van der Waals surface area contributed by atoms with Gasteiger partial charge in [-0.05, 0) is 62.8 Å². The first-order valence-corrected chi connectivity index (χ1v) is 11.9. The predicted octanol–water partition coefficient (Wildman–Crippen LogP) is 4.31. The summed E-state index contributed by atoms with van der Waals surface area (Å²) in [5.41, 5.74) is 8.60. The monoisotopic (exact) mass is 454 g/mol. The number of aryl methyl sites for hydroxylation is 4. The Kier molecular flexibility index (Phi) is 6.09. The summed E-state index contributed by atoms with van der Waals surface area (Å²) in [6, 6.07) is 6.30. The van der Waals surface area contributed by atoms with Gasteiger partial charge in [-0.1, -0.05) is 6.07 Å². The van der Waals surface area contributed by atoms with Gasteiger partial charge in [-0.25, -0.2) is 4.98 Å². The fraction of sp³-hybridized carbons (Fsp3) is 0.370. The van der Waals surface area contributed by atoms with Crippen LogP contribution in [0.5, 0.6) is 0 Å². The van der Waals surface area contributed by atoms with E-state index < -0.39 is 0 Å². The van der Waals surface area contributed by atoms with E-state index in [1.807, 2.05) is 48.9 Å². The molecule has 1 aliphatic rings. The molecule has 7 heteroatoms. The third-order valence-corrected chi connectivity index (χ3v) is 6.84. The number of hydrogen-bond acceptors (Lipinski definition) is 5. The average Bonchev–Trinajstić information content (AvgIpc) is 3.27. The van der Waals surface area contributed by atoms with Crippen LogP contribution < -0.4 is 0 Å². The number of rotatable bonds is 5. The van der Waals surface area contributed by atoms with Crippen LogP contribution in [0.3, 0.4) is 0 Å². The number of carbonyl (C=O) groups excluding carboxylic acids is 1. The largest absolute Gasteiger partial charge is 0.343 e. The molecule has 0 aromatic carbocycles. The third kappa shape index (κ3) is 4.42. The van der Waals surface area contributed by atoms with E-state index in [9.17, 15) is 4.79 Å². The van der Waals surface area contributed by atoms with E-state index >= 15 is 0 Å². The van der Waals surface area contributed by atoms with Crippen molar-refractivity contribution in [1.29, 1.82) is 0 Å². The Morgan fingerprint density at radius 3 is 2.56 bits per heavy atom. The lowest BCUT2D eigenvalue weighted by Gasteiger charge is -2.31. The van der Waals surface area contributed by atoms with Crippen LogP contribution in [-0.2, 0) is 17.6 Å². The number of hydrogen-bond donors (Lipinski definition) is 0. The zero-order valence-electron chi connectivity index (χ0n) is 20.0. The zero-order chi connectivity index (χ0) is 23.7. The van der Waals surface area contributed by atoms with E-state index in [1.54, 1.807) is 6.92 Å². The van der Waals surface area contributed by atoms with Gasteiger partial charge in [0.15, 0.2) is 5.65 Å². The second kappa shape index (κ2) is 9.33. The Balaban J connectivity index is 1.31. The zero-order valence-corrected chi connectivity index (χ0v) is 20.0. The normalized spacial score (nSPS) is 14.6. The van der Waals surface area contributed by atoms with E-state index in [0.29, 0.717) is 5.92 Å². The summed E-state index contributed by atoms with van der Waals surface area (Å²) >= 11 is 0. The van der Waals surface area contributed by atoms with Crippen molar-refractivity contribution in [2.45, 2.75) is 52.4 Å². The Morgan fingerprint density at radius 1 is 1.00 bits per heavy atom. The summed E-state index contributed by atoms with van der Waals surface area (Å²) < 4.78 is 2.19. The highest BCUT2D eigenvalue weighted by atomic mass is 16.2. The second-order valence-corrected chi connectivity index (χ2v) is 9.23. The molecule has 0 N–H and O–H groups in total. The van der Waals surface area contributed by atoms with Crippen LogP contribution in [0.2, 0.25) is 0 Å². The minimum Gasteiger partial charge on any atom is -0.343 e. The SMILES string of the molecule is CC(=O)N1CCC(c2cnc3c(CCc4cnc(-c5ccnc(C)c5)c(C)c4)nccn23)CC1. The number of piperidine rings is 1. The first kappa shape index (κ1) is 22.2. The van der Waals surface area contributed by atoms with Crippen LogP contribution >= 0.6 is 0 Å². The van der Waals surface area contributed by atoms with Gasteiger partial charge in [0.2, 0.25) is 5.91 Å². The molecule has 34 heavy (non-hydrogen) atoms. The molecule has 1 saturated heterocycles. The lowest BCUT2D eigenvalue weighted by Crippen LogP contribution is -2.36. The molecule has 4 aromatic rings. The molecule has 1 amide bonds. The molecule has 5 rings (SSSR count). The number of fused-ring (bicyclic) bond motifs is 1. The van der Waals surface area contributed by atoms with Gasteiger partial charge >= 0.3 is 0 Å². The summed E-state index contributed by atoms with van der Waals surface area (Å²) in [7, 11) is 0. The molecule has 0 saturated carbocycles. The minimum atomic E-state index is 0.164. The Hall–Kier alpha value is -3.61. The summed E-state index contributed by atoms with van der Waals surface area (Å²) in [4.78, 5) is 32.0. The topological polar surface area (TPSA) is 76.3 Å². The lowest BCUT2D eigenvalue weighted by atomic mass is 9.94. The number of amides is 1. The minimum absolute atomic E-state index is 0.164. The van der Waals surface area contributed by atoms with Crippen LogP contribution in [0.25, 0.3) is 16.9 Å². The number of nitrogens with zero attached hydrogens (tertiary/aromatic N) is 6. The average molecular weight is 455 g/mol. The first-order valence-electron chi connectivity index (χ1n) is 11.9. The summed E-state index contributed by atoms with van der Waals surface area (Å²) in [5, 5.41) is 0. The summed E-state index contributed by atoms with van der Waals surface area (Å²) in [6.45, 7) is 7.38. The molecule has 7 nitrogen and oxygen atoms in total. The number of aromatic nitrogens is 5. The highest BCUT2D eigenvalue weighted by Crippen LogP contribution is 2.29. The van der Waals surface area contributed by atoms with Gasteiger partial charge in [0.05, 0.1) is 11.4 Å². The Bertz CT molecular complexity index is 1340. The summed E-state index contributed by atoms with van der Waals surface area (Å²) in [5.74, 6) is 0.578. The van der Waals surface area contributed by atoms with Crippen LogP contribution in [0, 0.1) is 13.8 Å². The molecule has 0 radical (unpaired) electrons. The highest BCUT2D eigenvalue weighted by Gasteiger charge is 2.24. The van der Waals surface area contributed by atoms with Crippen LogP contribution in [0.4, 0.5) is 0 Å². The van der Waals surface area contributed by atoms with Gasteiger partial charge in [0, 0.05) is 73.9 Å². The van der Waals surface area contributed by atoms with Gasteiger partial charge in [-0.15, -0.1) is 0 Å². The number of imidazole rings is 1. The molecule has 174 valence electrons. The standard InChI is InChI=1S/C27H30N6O/c1-18-14-21(16-30-26(18)23-6-9-28-19(2)15-23)4-5-24-27-31-17-25(33(27)13-10-29-24)22-7-11-32(12-8-22)20(3)34/h6,9-10,13-17,22H,4-5,7-8,11-12H2,1-3H3. The molecule has 0 bridgehead atoms. The van der Waals surface area contributed by atoms with Gasteiger partial charge in [-0.2, -0.15) is 0 Å². The Morgan fingerprint density at radius 2 is 1.82 bits per heavy atom. The molecule has 1 fully saturated rings. The van der Waals surface area contributed by atoms with Crippen LogP contribution in [0.15, 0.2) is 49.2 Å². The smallest absolute Gasteiger partial charge is 0.219 e. The van der Waals surface area contributed by atoms with Crippen molar-refractivity contribution >= 4 is 11.6 Å². The maximum Gasteiger partial charge on any atom is 0.219 e. The van der Waals surface area contributed by atoms with Gasteiger partial charge in [-0.3, -0.25) is 19.7 Å². The molecule has 5 heterocycles.